The van der Waals surface area contributed by atoms with Gasteiger partial charge in [-0.15, -0.1) is 0 Å². The van der Waals surface area contributed by atoms with Gasteiger partial charge in [-0.05, 0) is 58.8 Å². The molecule has 2 aliphatic heterocycles. The van der Waals surface area contributed by atoms with Crippen LogP contribution in [0.15, 0.2) is 40.4 Å². The van der Waals surface area contributed by atoms with Crippen LogP contribution in [0.25, 0.3) is 6.08 Å². The van der Waals surface area contributed by atoms with Crippen LogP contribution in [0.3, 0.4) is 0 Å². The minimum Gasteiger partial charge on any atom is -0.490 e. The smallest absolute Gasteiger partial charge is 0.341 e. The summed E-state index contributed by atoms with van der Waals surface area (Å²) in [4.78, 5) is 49.8. The van der Waals surface area contributed by atoms with Crippen LogP contribution < -0.4 is 29.2 Å². The van der Waals surface area contributed by atoms with Gasteiger partial charge in [-0.1, -0.05) is 0 Å². The van der Waals surface area contributed by atoms with Crippen LogP contribution in [-0.4, -0.2) is 48.9 Å². The Hall–Kier alpha value is -4.06. The summed E-state index contributed by atoms with van der Waals surface area (Å²) < 4.78 is 21.7. The van der Waals surface area contributed by atoms with Gasteiger partial charge in [-0.2, -0.15) is 0 Å². The highest BCUT2D eigenvalue weighted by molar-refractivity contribution is 9.10. The zero-order valence-electron chi connectivity index (χ0n) is 17.6. The summed E-state index contributed by atoms with van der Waals surface area (Å²) in [6.45, 7) is 1.41. The number of hydrogen-bond acceptors (Lipinski definition) is 8. The van der Waals surface area contributed by atoms with Gasteiger partial charge >= 0.3 is 12.0 Å². The Labute approximate surface area is 201 Å². The van der Waals surface area contributed by atoms with Crippen molar-refractivity contribution in [1.29, 1.82) is 0 Å². The van der Waals surface area contributed by atoms with Gasteiger partial charge in [0.15, 0.2) is 29.6 Å². The fourth-order valence-corrected chi connectivity index (χ4v) is 3.87. The van der Waals surface area contributed by atoms with Crippen LogP contribution in [0.4, 0.5) is 10.5 Å². The van der Waals surface area contributed by atoms with Crippen LogP contribution in [0.1, 0.15) is 12.5 Å². The van der Waals surface area contributed by atoms with Crippen molar-refractivity contribution in [3.63, 3.8) is 0 Å². The lowest BCUT2D eigenvalue weighted by molar-refractivity contribution is -0.139. The maximum atomic E-state index is 13.2. The summed E-state index contributed by atoms with van der Waals surface area (Å²) >= 11 is 3.30. The molecule has 176 valence electrons. The average molecular weight is 533 g/mol. The van der Waals surface area contributed by atoms with E-state index in [9.17, 15) is 19.2 Å². The first-order chi connectivity index (χ1) is 16.3. The highest BCUT2D eigenvalue weighted by atomic mass is 79.9. The van der Waals surface area contributed by atoms with Crippen molar-refractivity contribution in [2.24, 2.45) is 0 Å². The number of benzene rings is 2. The molecular formula is C22H17BrN2O9. The molecule has 12 heteroatoms. The summed E-state index contributed by atoms with van der Waals surface area (Å²) in [6, 6.07) is 6.62. The van der Waals surface area contributed by atoms with Crippen molar-refractivity contribution in [3.8, 4) is 23.0 Å². The number of barbiturate groups is 1. The van der Waals surface area contributed by atoms with Gasteiger partial charge in [0.05, 0.1) is 16.8 Å². The number of imide groups is 2. The average Bonchev–Trinajstić information content (AvgIpc) is 3.24. The second-order valence-electron chi connectivity index (χ2n) is 6.94. The molecule has 4 amide bonds. The monoisotopic (exact) mass is 532 g/mol. The number of carbonyl (C=O) groups is 4. The summed E-state index contributed by atoms with van der Waals surface area (Å²) in [5.74, 6) is -1.68. The molecule has 2 aliphatic rings. The molecule has 1 saturated heterocycles. The van der Waals surface area contributed by atoms with E-state index in [0.29, 0.717) is 21.5 Å². The number of halogens is 1. The van der Waals surface area contributed by atoms with Gasteiger partial charge in [0.2, 0.25) is 6.79 Å². The number of aliphatic carboxylic acids is 1. The van der Waals surface area contributed by atoms with Crippen molar-refractivity contribution in [3.05, 3.63) is 45.9 Å². The molecule has 0 spiro atoms. The molecule has 0 bridgehead atoms. The van der Waals surface area contributed by atoms with E-state index in [-0.39, 0.29) is 36.2 Å². The lowest BCUT2D eigenvalue weighted by atomic mass is 10.1. The summed E-state index contributed by atoms with van der Waals surface area (Å²) in [6.07, 6.45) is 1.29. The Morgan fingerprint density at radius 2 is 1.94 bits per heavy atom. The molecule has 2 aromatic rings. The SMILES string of the molecule is CCOc1cc(/C=C2\C(=O)NC(=O)N(c3ccc4c(c3)OCO4)C2=O)cc(Br)c1OCC(=O)O. The number of hydrogen-bond donors (Lipinski definition) is 2. The van der Waals surface area contributed by atoms with E-state index in [1.54, 1.807) is 13.0 Å². The maximum Gasteiger partial charge on any atom is 0.341 e. The van der Waals surface area contributed by atoms with E-state index >= 15 is 0 Å². The van der Waals surface area contributed by atoms with E-state index in [1.807, 2.05) is 0 Å². The van der Waals surface area contributed by atoms with E-state index in [4.69, 9.17) is 24.1 Å². The quantitative estimate of drug-likeness (QED) is 0.406. The normalized spacial score (nSPS) is 16.0. The van der Waals surface area contributed by atoms with Crippen molar-refractivity contribution < 1.29 is 43.2 Å². The Morgan fingerprint density at radius 1 is 1.18 bits per heavy atom. The number of amides is 4. The molecule has 0 aromatic heterocycles. The predicted octanol–water partition coefficient (Wildman–Crippen LogP) is 2.71. The topological polar surface area (TPSA) is 141 Å². The molecule has 2 heterocycles. The standard InChI is InChI=1S/C22H17BrN2O9/c1-2-31-17-7-11(6-14(23)19(17)32-9-18(26)27)5-13-20(28)24-22(30)25(21(13)29)12-3-4-15-16(8-12)34-10-33-15/h3-8H,2,9-10H2,1H3,(H,26,27)(H,24,28,30)/b13-5+. The van der Waals surface area contributed by atoms with Crippen molar-refractivity contribution in [2.45, 2.75) is 6.92 Å². The molecule has 0 saturated carbocycles. The van der Waals surface area contributed by atoms with E-state index in [0.717, 1.165) is 4.90 Å². The first-order valence-electron chi connectivity index (χ1n) is 9.90. The van der Waals surface area contributed by atoms with Crippen LogP contribution in [0.5, 0.6) is 23.0 Å². The number of rotatable bonds is 7. The highest BCUT2D eigenvalue weighted by Crippen LogP contribution is 2.39. The molecule has 0 aliphatic carbocycles. The molecule has 1 fully saturated rings. The van der Waals surface area contributed by atoms with Gasteiger partial charge in [0, 0.05) is 6.07 Å². The maximum absolute atomic E-state index is 13.2. The third-order valence-electron chi connectivity index (χ3n) is 4.70. The largest absolute Gasteiger partial charge is 0.490 e. The molecule has 2 aromatic carbocycles. The van der Waals surface area contributed by atoms with Gasteiger partial charge < -0.3 is 24.1 Å². The minimum atomic E-state index is -1.17. The van der Waals surface area contributed by atoms with Gasteiger partial charge in [-0.3, -0.25) is 14.9 Å². The molecule has 4 rings (SSSR count). The number of fused-ring (bicyclic) bond motifs is 1. The Bertz CT molecular complexity index is 1240. The summed E-state index contributed by atoms with van der Waals surface area (Å²) in [5, 5.41) is 11.0. The molecule has 2 N–H and O–H groups in total. The fraction of sp³-hybridized carbons (Fsp3) is 0.182. The van der Waals surface area contributed by atoms with Crippen LogP contribution >= 0.6 is 15.9 Å². The fourth-order valence-electron chi connectivity index (χ4n) is 3.29. The van der Waals surface area contributed by atoms with Gasteiger partial charge in [0.25, 0.3) is 11.8 Å². The second kappa shape index (κ2) is 9.43. The number of carbonyl (C=O) groups excluding carboxylic acids is 3. The first kappa shape index (κ1) is 23.1. The Kier molecular flexibility index (Phi) is 6.41. The molecular weight excluding hydrogens is 516 g/mol. The lowest BCUT2D eigenvalue weighted by Gasteiger charge is -2.26. The first-order valence-corrected chi connectivity index (χ1v) is 10.7. The van der Waals surface area contributed by atoms with E-state index < -0.39 is 30.4 Å². The lowest BCUT2D eigenvalue weighted by Crippen LogP contribution is -2.54. The molecule has 0 unspecified atom stereocenters. The van der Waals surface area contributed by atoms with Crippen molar-refractivity contribution in [2.75, 3.05) is 24.9 Å². The highest BCUT2D eigenvalue weighted by Gasteiger charge is 2.37. The van der Waals surface area contributed by atoms with Crippen LogP contribution in [0, 0.1) is 0 Å². The van der Waals surface area contributed by atoms with E-state index in [1.165, 1.54) is 30.3 Å². The molecule has 0 radical (unpaired) electrons. The Morgan fingerprint density at radius 3 is 2.68 bits per heavy atom. The minimum absolute atomic E-state index is 0.0196. The second-order valence-corrected chi connectivity index (χ2v) is 7.80. The van der Waals surface area contributed by atoms with Gasteiger partial charge in [0.1, 0.15) is 5.57 Å². The number of nitrogens with zero attached hydrogens (tertiary/aromatic N) is 1. The molecule has 34 heavy (non-hydrogen) atoms. The third kappa shape index (κ3) is 4.53. The third-order valence-corrected chi connectivity index (χ3v) is 5.29. The number of carboxylic acid groups (broad SMARTS) is 1. The molecule has 0 atom stereocenters. The summed E-state index contributed by atoms with van der Waals surface area (Å²) in [7, 11) is 0. The van der Waals surface area contributed by atoms with Crippen molar-refractivity contribution >= 4 is 51.5 Å². The zero-order valence-corrected chi connectivity index (χ0v) is 19.2. The van der Waals surface area contributed by atoms with Crippen LogP contribution in [-0.2, 0) is 14.4 Å². The van der Waals surface area contributed by atoms with Crippen LogP contribution in [0.2, 0.25) is 0 Å². The Balaban J connectivity index is 1.70. The van der Waals surface area contributed by atoms with Crippen molar-refractivity contribution in [1.82, 2.24) is 5.32 Å². The predicted molar refractivity (Wildman–Crippen MR) is 120 cm³/mol. The number of anilines is 1. The van der Waals surface area contributed by atoms with Gasteiger partial charge in [-0.25, -0.2) is 14.5 Å². The summed E-state index contributed by atoms with van der Waals surface area (Å²) in [5.41, 5.74) is 0.265. The molecule has 11 nitrogen and oxygen atoms in total. The number of urea groups is 1. The van der Waals surface area contributed by atoms with E-state index in [2.05, 4.69) is 21.2 Å². The zero-order chi connectivity index (χ0) is 24.4. The number of carboxylic acids is 1. The number of ether oxygens (including phenoxy) is 4. The number of nitrogens with one attached hydrogen (secondary N) is 1.